The van der Waals surface area contributed by atoms with E-state index in [0.29, 0.717) is 11.1 Å². The van der Waals surface area contributed by atoms with E-state index in [1.165, 1.54) is 24.3 Å². The van der Waals surface area contributed by atoms with Gasteiger partial charge in [-0.1, -0.05) is 61.2 Å². The van der Waals surface area contributed by atoms with Crippen LogP contribution in [0.2, 0.25) is 0 Å². The Balaban J connectivity index is 1.39. The van der Waals surface area contributed by atoms with E-state index < -0.39 is 0 Å². The maximum atomic E-state index is 13.7. The van der Waals surface area contributed by atoms with E-state index in [1.54, 1.807) is 53.0 Å². The molecule has 0 saturated carbocycles. The Bertz CT molecular complexity index is 2510. The zero-order valence-corrected chi connectivity index (χ0v) is 25.4. The lowest BCUT2D eigenvalue weighted by atomic mass is 9.96. The first-order chi connectivity index (χ1) is 22.4. The van der Waals surface area contributed by atoms with Crippen molar-refractivity contribution in [1.29, 1.82) is 15.8 Å². The molecule has 0 atom stereocenters. The molecule has 0 spiro atoms. The van der Waals surface area contributed by atoms with Crippen molar-refractivity contribution in [2.45, 2.75) is 0 Å². The van der Waals surface area contributed by atoms with Gasteiger partial charge in [-0.2, -0.15) is 15.8 Å². The first-order valence-electron chi connectivity index (χ1n) is 14.2. The average molecular weight is 630 g/mol. The number of nitriles is 3. The summed E-state index contributed by atoms with van der Waals surface area (Å²) in [4.78, 5) is 1.83. The number of halogens is 2. The van der Waals surface area contributed by atoms with Crippen molar-refractivity contribution in [2.24, 2.45) is 0 Å². The van der Waals surface area contributed by atoms with Gasteiger partial charge in [0.2, 0.25) is 0 Å². The highest BCUT2D eigenvalue weighted by atomic mass is 32.1. The molecule has 0 amide bonds. The van der Waals surface area contributed by atoms with Gasteiger partial charge in [0.1, 0.15) is 29.3 Å². The normalized spacial score (nSPS) is 13.2. The second-order valence-electron chi connectivity index (χ2n) is 10.9. The summed E-state index contributed by atoms with van der Waals surface area (Å²) in [5.41, 5.74) is 10.9. The van der Waals surface area contributed by atoms with Gasteiger partial charge in [-0.3, -0.25) is 0 Å². The highest BCUT2D eigenvalue weighted by molar-refractivity contribution is 7.31. The summed E-state index contributed by atoms with van der Waals surface area (Å²) in [6.07, 6.45) is 1.58. The van der Waals surface area contributed by atoms with Gasteiger partial charge < -0.3 is 0 Å². The molecule has 8 rings (SSSR count). The molecule has 6 aromatic rings. The Morgan fingerprint density at radius 2 is 1.00 bits per heavy atom. The van der Waals surface area contributed by atoms with Gasteiger partial charge in [-0.05, 0) is 80.9 Å². The molecule has 0 fully saturated rings. The maximum Gasteiger partial charge on any atom is 0.138 e. The number of rotatable bonds is 3. The molecule has 214 valence electrons. The number of hydrogen-bond donors (Lipinski definition) is 0. The Labute approximate surface area is 270 Å². The van der Waals surface area contributed by atoms with Crippen molar-refractivity contribution in [3.8, 4) is 62.7 Å². The number of fused-ring (bicyclic) bond motifs is 9. The van der Waals surface area contributed by atoms with Crippen LogP contribution in [0, 0.1) is 45.6 Å². The van der Waals surface area contributed by atoms with Crippen LogP contribution in [0.15, 0.2) is 109 Å². The fourth-order valence-corrected chi connectivity index (χ4v) is 9.53. The van der Waals surface area contributed by atoms with Crippen molar-refractivity contribution >= 4 is 43.2 Å². The van der Waals surface area contributed by atoms with Crippen LogP contribution < -0.4 is 0 Å². The molecule has 7 heteroatoms. The molecule has 0 unspecified atom stereocenters. The summed E-state index contributed by atoms with van der Waals surface area (Å²) < 4.78 is 29.4. The van der Waals surface area contributed by atoms with Gasteiger partial charge in [-0.25, -0.2) is 8.78 Å². The Morgan fingerprint density at radius 1 is 0.565 bits per heavy atom. The summed E-state index contributed by atoms with van der Waals surface area (Å²) in [5.74, 6) is -0.633. The Hall–Kier alpha value is -5.91. The molecule has 46 heavy (non-hydrogen) atoms. The van der Waals surface area contributed by atoms with Gasteiger partial charge >= 0.3 is 0 Å². The minimum absolute atomic E-state index is 0.0325. The number of benzene rings is 4. The number of thiophene rings is 2. The predicted octanol–water partition coefficient (Wildman–Crippen LogP) is 10.9. The molecule has 4 aromatic carbocycles. The Kier molecular flexibility index (Phi) is 6.20. The highest BCUT2D eigenvalue weighted by Gasteiger charge is 2.37. The molecule has 0 aliphatic heterocycles. The lowest BCUT2D eigenvalue weighted by Gasteiger charge is -2.09. The monoisotopic (exact) mass is 629 g/mol. The molecule has 2 heterocycles. The minimum atomic E-state index is -0.324. The zero-order valence-electron chi connectivity index (χ0n) is 23.8. The van der Waals surface area contributed by atoms with E-state index in [2.05, 4.69) is 24.8 Å². The summed E-state index contributed by atoms with van der Waals surface area (Å²) in [5, 5.41) is 30.2. The first kappa shape index (κ1) is 27.6. The number of allylic oxidation sites excluding steroid dienone is 3. The van der Waals surface area contributed by atoms with Gasteiger partial charge in [0.25, 0.3) is 0 Å². The maximum absolute atomic E-state index is 13.7. The van der Waals surface area contributed by atoms with Gasteiger partial charge in [0.15, 0.2) is 0 Å². The highest BCUT2D eigenvalue weighted by Crippen LogP contribution is 2.62. The quantitative estimate of drug-likeness (QED) is 0.183. The van der Waals surface area contributed by atoms with E-state index in [0.717, 1.165) is 80.4 Å². The topological polar surface area (TPSA) is 71.4 Å². The van der Waals surface area contributed by atoms with E-state index in [-0.39, 0.29) is 17.2 Å². The Morgan fingerprint density at radius 3 is 1.43 bits per heavy atom. The van der Waals surface area contributed by atoms with Crippen molar-refractivity contribution in [3.05, 3.63) is 141 Å². The van der Waals surface area contributed by atoms with Crippen LogP contribution >= 0.6 is 22.7 Å². The van der Waals surface area contributed by atoms with Crippen molar-refractivity contribution in [1.82, 2.24) is 0 Å². The summed E-state index contributed by atoms with van der Waals surface area (Å²) in [7, 11) is 0. The van der Waals surface area contributed by atoms with Crippen molar-refractivity contribution in [2.75, 3.05) is 0 Å². The molecule has 2 aliphatic carbocycles. The first-order valence-corrected chi connectivity index (χ1v) is 15.8. The fraction of sp³-hybridized carbons (Fsp3) is 0. The molecular formula is C39H17F2N3S2. The molecule has 2 aliphatic rings. The van der Waals surface area contributed by atoms with Gasteiger partial charge in [-0.15, -0.1) is 22.7 Å². The third kappa shape index (κ3) is 3.89. The van der Waals surface area contributed by atoms with Crippen LogP contribution in [-0.2, 0) is 0 Å². The molecule has 2 aromatic heterocycles. The molecule has 0 N–H and O–H groups in total. The predicted molar refractivity (Wildman–Crippen MR) is 180 cm³/mol. The molecule has 0 bridgehead atoms. The molecule has 0 saturated heterocycles. The fourth-order valence-electron chi connectivity index (χ4n) is 6.46. The molecule has 0 radical (unpaired) electrons. The van der Waals surface area contributed by atoms with Gasteiger partial charge in [0.05, 0.1) is 21.0 Å². The molecular weight excluding hydrogens is 613 g/mol. The zero-order chi connectivity index (χ0) is 31.7. The van der Waals surface area contributed by atoms with Crippen molar-refractivity contribution < 1.29 is 8.78 Å². The summed E-state index contributed by atoms with van der Waals surface area (Å²) in [6, 6.07) is 31.2. The number of hydrogen-bond acceptors (Lipinski definition) is 5. The second kappa shape index (κ2) is 10.3. The lowest BCUT2D eigenvalue weighted by molar-refractivity contribution is 0.627. The van der Waals surface area contributed by atoms with Crippen LogP contribution in [-0.4, -0.2) is 0 Å². The van der Waals surface area contributed by atoms with Gasteiger partial charge in [0, 0.05) is 32.0 Å². The standard InChI is InChI=1S/C39H17F2N3S2/c1-2-20(17-42)32-30-15-23(21-3-9-26(40)10-4-21)7-13-28(30)34-36(32)45-39-35-29-14-8-24(22-5-11-27(41)12-6-22)16-31(29)33(25(18-43)19-44)37(35)46-38(34)39/h2-16H,1H2/b32-20+. The van der Waals surface area contributed by atoms with Crippen LogP contribution in [0.5, 0.6) is 0 Å². The van der Waals surface area contributed by atoms with Crippen LogP contribution in [0.1, 0.15) is 20.9 Å². The third-order valence-electron chi connectivity index (χ3n) is 8.52. The van der Waals surface area contributed by atoms with E-state index in [4.69, 9.17) is 0 Å². The van der Waals surface area contributed by atoms with Crippen LogP contribution in [0.4, 0.5) is 8.78 Å². The summed E-state index contributed by atoms with van der Waals surface area (Å²) >= 11 is 3.14. The van der Waals surface area contributed by atoms with Crippen LogP contribution in [0.25, 0.3) is 65.1 Å². The second-order valence-corrected chi connectivity index (χ2v) is 12.9. The van der Waals surface area contributed by atoms with E-state index >= 15 is 0 Å². The molecule has 3 nitrogen and oxygen atoms in total. The number of nitrogens with zero attached hydrogens (tertiary/aromatic N) is 3. The largest absolute Gasteiger partial charge is 0.207 e. The van der Waals surface area contributed by atoms with E-state index in [1.807, 2.05) is 36.4 Å². The van der Waals surface area contributed by atoms with Crippen LogP contribution in [0.3, 0.4) is 0 Å². The van der Waals surface area contributed by atoms with Crippen molar-refractivity contribution in [3.63, 3.8) is 0 Å². The van der Waals surface area contributed by atoms with E-state index in [9.17, 15) is 24.6 Å². The smallest absolute Gasteiger partial charge is 0.138 e. The summed E-state index contributed by atoms with van der Waals surface area (Å²) in [6.45, 7) is 3.92. The minimum Gasteiger partial charge on any atom is -0.207 e. The third-order valence-corrected chi connectivity index (χ3v) is 11.1. The average Bonchev–Trinajstić information content (AvgIpc) is 3.79. The SMILES string of the molecule is C=C/C(C#N)=C1/c2cc(-c3ccc(F)cc3)ccc2-c2c1sc1c3c(sc21)C(=C(C#N)C#N)c1cc(-c2ccc(F)cc2)ccc1-3. The lowest BCUT2D eigenvalue weighted by Crippen LogP contribution is -1.88.